The zero-order valence-electron chi connectivity index (χ0n) is 19.7. The molecule has 2 saturated heterocycles. The third kappa shape index (κ3) is 4.55. The quantitative estimate of drug-likeness (QED) is 0.569. The Morgan fingerprint density at radius 2 is 2.00 bits per heavy atom. The van der Waals surface area contributed by atoms with Crippen LogP contribution in [-0.2, 0) is 9.59 Å². The first-order chi connectivity index (χ1) is 17.0. The van der Waals surface area contributed by atoms with Gasteiger partial charge in [0.1, 0.15) is 23.4 Å². The van der Waals surface area contributed by atoms with Crippen LogP contribution in [0.1, 0.15) is 23.2 Å². The summed E-state index contributed by atoms with van der Waals surface area (Å²) in [4.78, 5) is 40.9. The summed E-state index contributed by atoms with van der Waals surface area (Å²) in [6, 6.07) is 10.1. The number of piperidine rings is 1. The molecule has 0 spiro atoms. The molecular formula is C25H29N4O5S+. The molecule has 2 aromatic carbocycles. The molecule has 3 aliphatic rings. The van der Waals surface area contributed by atoms with E-state index in [9.17, 15) is 14.4 Å². The Balaban J connectivity index is 1.38. The Morgan fingerprint density at radius 3 is 2.74 bits per heavy atom. The molecule has 0 radical (unpaired) electrons. The van der Waals surface area contributed by atoms with Gasteiger partial charge in [0.2, 0.25) is 5.91 Å². The molecule has 2 aromatic rings. The minimum absolute atomic E-state index is 0.00942. The molecule has 10 heteroatoms. The topological polar surface area (TPSA) is 114 Å². The van der Waals surface area contributed by atoms with Crippen molar-refractivity contribution in [1.82, 2.24) is 10.2 Å². The normalized spacial score (nSPS) is 23.6. The van der Waals surface area contributed by atoms with Crippen molar-refractivity contribution in [2.75, 3.05) is 37.7 Å². The lowest BCUT2D eigenvalue weighted by Gasteiger charge is -2.37. The van der Waals surface area contributed by atoms with E-state index < -0.39 is 6.04 Å². The molecule has 4 N–H and O–H groups in total. The van der Waals surface area contributed by atoms with Crippen molar-refractivity contribution in [1.29, 1.82) is 0 Å². The van der Waals surface area contributed by atoms with E-state index in [1.165, 1.54) is 0 Å². The predicted molar refractivity (Wildman–Crippen MR) is 133 cm³/mol. The van der Waals surface area contributed by atoms with E-state index in [0.717, 1.165) is 22.8 Å². The van der Waals surface area contributed by atoms with E-state index in [4.69, 9.17) is 9.47 Å². The number of rotatable bonds is 5. The summed E-state index contributed by atoms with van der Waals surface area (Å²) in [5.74, 6) is 2.57. The first-order valence-electron chi connectivity index (χ1n) is 11.7. The van der Waals surface area contributed by atoms with E-state index in [2.05, 4.69) is 10.6 Å². The van der Waals surface area contributed by atoms with Gasteiger partial charge in [-0.05, 0) is 42.7 Å². The molecule has 2 fully saturated rings. The van der Waals surface area contributed by atoms with Crippen molar-refractivity contribution in [3.63, 3.8) is 0 Å². The van der Waals surface area contributed by atoms with Crippen LogP contribution in [-0.4, -0.2) is 73.1 Å². The molecule has 3 aliphatic heterocycles. The van der Waals surface area contributed by atoms with E-state index in [1.807, 2.05) is 23.5 Å². The minimum atomic E-state index is -0.630. The van der Waals surface area contributed by atoms with Crippen LogP contribution >= 0.6 is 11.8 Å². The molecule has 9 nitrogen and oxygen atoms in total. The van der Waals surface area contributed by atoms with Crippen LogP contribution in [0.15, 0.2) is 36.4 Å². The van der Waals surface area contributed by atoms with Crippen LogP contribution < -0.4 is 25.4 Å². The molecule has 5 rings (SSSR count). The lowest BCUT2D eigenvalue weighted by Crippen LogP contribution is -2.89. The number of methoxy groups -OCH3 is 2. The maximum absolute atomic E-state index is 13.6. The Hall–Kier alpha value is -3.24. The standard InChI is InChI=1S/C25H28N4O5S/c1-33-16-4-5-17(22(11-16)34-2)14-3-6-19-18(9-14)25(32)29-8-7-15(10-21(29)24(31)28-19)27-23(30)20-12-35-13-26-20/h3-6,9,11,15,20-21,26H,7-8,10,12-13H2,1-2H3,(H,27,30)(H,28,31)/p+1/t15-,20-,21-/m0/s1. The molecule has 184 valence electrons. The second-order valence-corrected chi connectivity index (χ2v) is 10.0. The van der Waals surface area contributed by atoms with Gasteiger partial charge < -0.3 is 30.3 Å². The number of thioether (sulfide) groups is 1. The van der Waals surface area contributed by atoms with E-state index in [1.54, 1.807) is 49.1 Å². The van der Waals surface area contributed by atoms with Crippen molar-refractivity contribution in [3.8, 4) is 22.6 Å². The van der Waals surface area contributed by atoms with Gasteiger partial charge in [-0.2, -0.15) is 0 Å². The molecule has 3 atom stereocenters. The highest BCUT2D eigenvalue weighted by Gasteiger charge is 2.41. The van der Waals surface area contributed by atoms with Gasteiger partial charge in [0.15, 0.2) is 6.04 Å². The fraction of sp³-hybridized carbons (Fsp3) is 0.400. The lowest BCUT2D eigenvalue weighted by atomic mass is 9.95. The first kappa shape index (κ1) is 23.5. The maximum Gasteiger partial charge on any atom is 0.279 e. The van der Waals surface area contributed by atoms with Crippen molar-refractivity contribution >= 4 is 35.2 Å². The van der Waals surface area contributed by atoms with Crippen molar-refractivity contribution in [2.45, 2.75) is 31.0 Å². The zero-order chi connectivity index (χ0) is 24.5. The van der Waals surface area contributed by atoms with Crippen LogP contribution in [0.5, 0.6) is 11.5 Å². The number of anilines is 1. The smallest absolute Gasteiger partial charge is 0.279 e. The average molecular weight is 498 g/mol. The summed E-state index contributed by atoms with van der Waals surface area (Å²) < 4.78 is 10.8. The highest BCUT2D eigenvalue weighted by Crippen LogP contribution is 2.37. The van der Waals surface area contributed by atoms with Gasteiger partial charge >= 0.3 is 0 Å². The fourth-order valence-electron chi connectivity index (χ4n) is 4.93. The van der Waals surface area contributed by atoms with Crippen LogP contribution in [0.3, 0.4) is 0 Å². The number of hydrogen-bond acceptors (Lipinski definition) is 6. The third-order valence-corrected chi connectivity index (χ3v) is 7.90. The number of amides is 3. The summed E-state index contributed by atoms with van der Waals surface area (Å²) in [5.41, 5.74) is 2.55. The Labute approximate surface area is 207 Å². The van der Waals surface area contributed by atoms with Crippen molar-refractivity contribution < 1.29 is 29.2 Å². The highest BCUT2D eigenvalue weighted by molar-refractivity contribution is 7.99. The first-order valence-corrected chi connectivity index (χ1v) is 12.8. The monoisotopic (exact) mass is 497 g/mol. The number of fused-ring (bicyclic) bond motifs is 2. The van der Waals surface area contributed by atoms with Crippen LogP contribution in [0.4, 0.5) is 5.69 Å². The number of hydrogen-bond donors (Lipinski definition) is 3. The van der Waals surface area contributed by atoms with Gasteiger partial charge in [-0.15, -0.1) is 0 Å². The van der Waals surface area contributed by atoms with E-state index >= 15 is 0 Å². The molecule has 3 amide bonds. The number of nitrogens with one attached hydrogen (secondary N) is 2. The average Bonchev–Trinajstić information content (AvgIpc) is 3.40. The van der Waals surface area contributed by atoms with Gasteiger partial charge in [0, 0.05) is 24.2 Å². The van der Waals surface area contributed by atoms with Gasteiger partial charge in [-0.25, -0.2) is 0 Å². The highest BCUT2D eigenvalue weighted by atomic mass is 32.2. The van der Waals surface area contributed by atoms with Gasteiger partial charge in [0.25, 0.3) is 11.8 Å². The minimum Gasteiger partial charge on any atom is -0.497 e. The molecule has 0 unspecified atom stereocenters. The van der Waals surface area contributed by atoms with Gasteiger partial charge in [0.05, 0.1) is 31.2 Å². The Kier molecular flexibility index (Phi) is 6.57. The fourth-order valence-corrected chi connectivity index (χ4v) is 5.98. The predicted octanol–water partition coefficient (Wildman–Crippen LogP) is 1.05. The van der Waals surface area contributed by atoms with Crippen molar-refractivity contribution in [3.05, 3.63) is 42.0 Å². The molecule has 0 saturated carbocycles. The number of benzene rings is 2. The van der Waals surface area contributed by atoms with Gasteiger partial charge in [-0.3, -0.25) is 14.4 Å². The summed E-state index contributed by atoms with van der Waals surface area (Å²) in [6.07, 6.45) is 1.01. The van der Waals surface area contributed by atoms with E-state index in [-0.39, 0.29) is 29.8 Å². The van der Waals surface area contributed by atoms with E-state index in [0.29, 0.717) is 42.1 Å². The van der Waals surface area contributed by atoms with Crippen LogP contribution in [0.2, 0.25) is 0 Å². The summed E-state index contributed by atoms with van der Waals surface area (Å²) in [6.45, 7) is 0.403. The van der Waals surface area contributed by atoms with Crippen molar-refractivity contribution in [2.24, 2.45) is 0 Å². The molecular weight excluding hydrogens is 468 g/mol. The summed E-state index contributed by atoms with van der Waals surface area (Å²) in [5, 5.41) is 8.06. The number of carbonyl (C=O) groups excluding carboxylic acids is 3. The third-order valence-electron chi connectivity index (χ3n) is 6.87. The number of ether oxygens (including phenoxy) is 2. The largest absolute Gasteiger partial charge is 0.497 e. The van der Waals surface area contributed by atoms with Gasteiger partial charge in [-0.1, -0.05) is 17.8 Å². The molecule has 35 heavy (non-hydrogen) atoms. The Bertz CT molecular complexity index is 1170. The van der Waals surface area contributed by atoms with Crippen LogP contribution in [0.25, 0.3) is 11.1 Å². The van der Waals surface area contributed by atoms with Crippen LogP contribution in [0, 0.1) is 0 Å². The maximum atomic E-state index is 13.6. The molecule has 0 bridgehead atoms. The molecule has 0 aliphatic carbocycles. The summed E-state index contributed by atoms with van der Waals surface area (Å²) >= 11 is 1.74. The second kappa shape index (κ2) is 9.79. The molecule has 3 heterocycles. The molecule has 0 aromatic heterocycles. The Morgan fingerprint density at radius 1 is 1.14 bits per heavy atom. The zero-order valence-corrected chi connectivity index (χ0v) is 20.5. The number of nitrogens with two attached hydrogens (primary N) is 1. The SMILES string of the molecule is COc1ccc(-c2ccc3c(c2)C(=O)N2CC[C@H](NC(=O)[C@@H]4CSC[NH2+]4)C[C@H]2C(=O)N3)c(OC)c1. The lowest BCUT2D eigenvalue weighted by molar-refractivity contribution is -0.648. The second-order valence-electron chi connectivity index (χ2n) is 8.94. The number of quaternary nitrogens is 1. The number of carbonyl (C=O) groups is 3. The number of nitrogens with zero attached hydrogens (tertiary/aromatic N) is 1. The summed E-state index contributed by atoms with van der Waals surface area (Å²) in [7, 11) is 3.18.